The topological polar surface area (TPSA) is 71.5 Å². The van der Waals surface area contributed by atoms with Gasteiger partial charge in [0.2, 0.25) is 11.8 Å². The summed E-state index contributed by atoms with van der Waals surface area (Å²) in [6, 6.07) is 11.8. The lowest BCUT2D eigenvalue weighted by Gasteiger charge is -2.23. The van der Waals surface area contributed by atoms with Gasteiger partial charge in [-0.15, -0.1) is 0 Å². The normalized spacial score (nSPS) is 29.0. The number of carbonyl (C=O) groups is 2. The van der Waals surface area contributed by atoms with Crippen LogP contribution < -0.4 is 10.2 Å². The monoisotopic (exact) mass is 403 g/mol. The molecule has 4 heterocycles. The van der Waals surface area contributed by atoms with E-state index in [1.807, 2.05) is 36.4 Å². The van der Waals surface area contributed by atoms with Crippen LogP contribution in [0.1, 0.15) is 30.9 Å². The fourth-order valence-electron chi connectivity index (χ4n) is 4.87. The maximum Gasteiger partial charge on any atom is 0.234 e. The average molecular weight is 403 g/mol. The highest BCUT2D eigenvalue weighted by Crippen LogP contribution is 2.52. The molecule has 154 valence electrons. The summed E-state index contributed by atoms with van der Waals surface area (Å²) in [4.78, 5) is 32.3. The van der Waals surface area contributed by atoms with Crippen LogP contribution in [0, 0.1) is 11.8 Å². The largest absolute Gasteiger partial charge is 0.360 e. The van der Waals surface area contributed by atoms with Crippen LogP contribution in [-0.2, 0) is 20.9 Å². The molecule has 30 heavy (non-hydrogen) atoms. The smallest absolute Gasteiger partial charge is 0.234 e. The molecule has 2 unspecified atom stereocenters. The molecule has 2 fully saturated rings. The summed E-state index contributed by atoms with van der Waals surface area (Å²) in [5.74, 6) is -0.766. The van der Waals surface area contributed by atoms with Crippen LogP contribution in [0.2, 0.25) is 0 Å². The molecule has 6 nitrogen and oxygen atoms in total. The Kier molecular flexibility index (Phi) is 4.47. The molecule has 4 atom stereocenters. The first-order valence-electron chi connectivity index (χ1n) is 10.4. The third kappa shape index (κ3) is 2.94. The van der Waals surface area contributed by atoms with Crippen LogP contribution in [0.15, 0.2) is 60.9 Å². The summed E-state index contributed by atoms with van der Waals surface area (Å²) in [5, 5.41) is 2.97. The summed E-state index contributed by atoms with van der Waals surface area (Å²) in [6.45, 7) is 5.11. The van der Waals surface area contributed by atoms with Crippen molar-refractivity contribution >= 4 is 17.5 Å². The van der Waals surface area contributed by atoms with E-state index in [1.165, 1.54) is 5.56 Å². The lowest BCUT2D eigenvalue weighted by molar-refractivity contribution is -0.132. The van der Waals surface area contributed by atoms with Crippen LogP contribution in [0.25, 0.3) is 0 Å². The summed E-state index contributed by atoms with van der Waals surface area (Å²) in [6.07, 6.45) is 6.99. The quantitative estimate of drug-likeness (QED) is 0.780. The molecule has 6 heteroatoms. The lowest BCUT2D eigenvalue weighted by atomic mass is 9.77. The molecular formula is C24H25N3O3. The van der Waals surface area contributed by atoms with E-state index < -0.39 is 17.4 Å². The zero-order valence-corrected chi connectivity index (χ0v) is 17.1. The molecular weight excluding hydrogens is 378 g/mol. The van der Waals surface area contributed by atoms with Crippen LogP contribution in [0.5, 0.6) is 0 Å². The van der Waals surface area contributed by atoms with Gasteiger partial charge in [0.05, 0.1) is 24.5 Å². The van der Waals surface area contributed by atoms with E-state index in [1.54, 1.807) is 17.3 Å². The molecule has 0 saturated carbocycles. The summed E-state index contributed by atoms with van der Waals surface area (Å²) < 4.78 is 6.21. The molecule has 1 N–H and O–H groups in total. The van der Waals surface area contributed by atoms with E-state index in [2.05, 4.69) is 36.3 Å². The Bertz CT molecular complexity index is 1000. The fraction of sp³-hybridized carbons (Fsp3) is 0.375. The molecule has 3 aliphatic rings. The van der Waals surface area contributed by atoms with Gasteiger partial charge in [-0.25, -0.2) is 0 Å². The highest BCUT2D eigenvalue weighted by Gasteiger charge is 2.67. The van der Waals surface area contributed by atoms with Gasteiger partial charge in [-0.1, -0.05) is 44.2 Å². The minimum atomic E-state index is -0.714. The summed E-state index contributed by atoms with van der Waals surface area (Å²) >= 11 is 0. The summed E-state index contributed by atoms with van der Waals surface area (Å²) in [5.41, 5.74) is 2.29. The van der Waals surface area contributed by atoms with E-state index >= 15 is 0 Å². The van der Waals surface area contributed by atoms with Gasteiger partial charge >= 0.3 is 0 Å². The van der Waals surface area contributed by atoms with Crippen LogP contribution in [0.4, 0.5) is 5.69 Å². The zero-order chi connectivity index (χ0) is 20.9. The van der Waals surface area contributed by atoms with Crippen LogP contribution >= 0.6 is 0 Å². The Hall–Kier alpha value is -2.99. The molecule has 5 rings (SSSR count). The van der Waals surface area contributed by atoms with Gasteiger partial charge in [0.25, 0.3) is 0 Å². The zero-order valence-electron chi connectivity index (χ0n) is 17.1. The van der Waals surface area contributed by atoms with Crippen molar-refractivity contribution in [3.63, 3.8) is 0 Å². The highest BCUT2D eigenvalue weighted by atomic mass is 16.5. The number of pyridine rings is 1. The lowest BCUT2D eigenvalue weighted by Crippen LogP contribution is -2.44. The van der Waals surface area contributed by atoms with Gasteiger partial charge in [-0.3, -0.25) is 14.6 Å². The van der Waals surface area contributed by atoms with Crippen molar-refractivity contribution in [1.29, 1.82) is 0 Å². The maximum atomic E-state index is 13.4. The molecule has 2 saturated heterocycles. The number of nitrogens with one attached hydrogen (secondary N) is 1. The molecule has 0 aliphatic carbocycles. The maximum absolute atomic E-state index is 13.4. The number of aromatic nitrogens is 1. The number of carbonyl (C=O) groups excluding carboxylic acids is 2. The van der Waals surface area contributed by atoms with E-state index in [0.717, 1.165) is 11.3 Å². The first-order valence-corrected chi connectivity index (χ1v) is 10.4. The Labute approximate surface area is 175 Å². The first-order chi connectivity index (χ1) is 14.5. The molecule has 1 aromatic heterocycles. The Morgan fingerprint density at radius 2 is 2.10 bits per heavy atom. The molecule has 1 spiro atoms. The number of benzene rings is 1. The SMILES string of the molecule is CC(C)c1ccc(N2C[C@]34C=C[C@@H](O3)C(C(=O)NCc3cccnc3)C4C2=O)cc1. The molecule has 2 aromatic rings. The van der Waals surface area contributed by atoms with E-state index in [9.17, 15) is 9.59 Å². The number of rotatable bonds is 5. The van der Waals surface area contributed by atoms with Gasteiger partial charge in [0, 0.05) is 24.6 Å². The van der Waals surface area contributed by atoms with Crippen molar-refractivity contribution < 1.29 is 14.3 Å². The molecule has 0 radical (unpaired) electrons. The number of hydrogen-bond acceptors (Lipinski definition) is 4. The van der Waals surface area contributed by atoms with Crippen LogP contribution in [0.3, 0.4) is 0 Å². The number of anilines is 1. The van der Waals surface area contributed by atoms with Crippen molar-refractivity contribution in [2.75, 3.05) is 11.4 Å². The second-order valence-electron chi connectivity index (χ2n) is 8.65. The van der Waals surface area contributed by atoms with Gasteiger partial charge in [-0.05, 0) is 35.2 Å². The van der Waals surface area contributed by atoms with Crippen molar-refractivity contribution in [2.24, 2.45) is 11.8 Å². The number of fused-ring (bicyclic) bond motifs is 1. The predicted molar refractivity (Wildman–Crippen MR) is 113 cm³/mol. The predicted octanol–water partition coefficient (Wildman–Crippen LogP) is 2.81. The fourth-order valence-corrected chi connectivity index (χ4v) is 4.87. The Morgan fingerprint density at radius 1 is 1.30 bits per heavy atom. The van der Waals surface area contributed by atoms with E-state index in [0.29, 0.717) is 19.0 Å². The van der Waals surface area contributed by atoms with Gasteiger partial charge < -0.3 is 15.0 Å². The van der Waals surface area contributed by atoms with E-state index in [-0.39, 0.29) is 17.9 Å². The second kappa shape index (κ2) is 7.06. The van der Waals surface area contributed by atoms with Gasteiger partial charge in [0.1, 0.15) is 5.60 Å². The standard InChI is InChI=1S/C24H25N3O3/c1-15(2)17-5-7-18(8-6-17)27-14-24-10-9-19(30-24)20(21(24)23(27)29)22(28)26-13-16-4-3-11-25-12-16/h3-12,15,19-21H,13-14H2,1-2H3,(H,26,28)/t19-,20?,21?,24+/m1/s1. The minimum absolute atomic E-state index is 0.0410. The third-order valence-electron chi connectivity index (χ3n) is 6.46. The Balaban J connectivity index is 1.36. The Morgan fingerprint density at radius 3 is 2.80 bits per heavy atom. The van der Waals surface area contributed by atoms with Gasteiger partial charge in [0.15, 0.2) is 0 Å². The molecule has 1 aromatic carbocycles. The minimum Gasteiger partial charge on any atom is -0.360 e. The van der Waals surface area contributed by atoms with Crippen molar-refractivity contribution in [3.05, 3.63) is 72.1 Å². The van der Waals surface area contributed by atoms with Crippen molar-refractivity contribution in [3.8, 4) is 0 Å². The average Bonchev–Trinajstić information content (AvgIpc) is 3.41. The first kappa shape index (κ1) is 19.0. The van der Waals surface area contributed by atoms with Crippen molar-refractivity contribution in [2.45, 2.75) is 38.0 Å². The van der Waals surface area contributed by atoms with Gasteiger partial charge in [-0.2, -0.15) is 0 Å². The number of hydrogen-bond donors (Lipinski definition) is 1. The van der Waals surface area contributed by atoms with Crippen molar-refractivity contribution in [1.82, 2.24) is 10.3 Å². The highest BCUT2D eigenvalue weighted by molar-refractivity contribution is 6.03. The molecule has 2 amide bonds. The number of ether oxygens (including phenoxy) is 1. The third-order valence-corrected chi connectivity index (χ3v) is 6.46. The number of nitrogens with zero attached hydrogens (tertiary/aromatic N) is 2. The second-order valence-corrected chi connectivity index (χ2v) is 8.65. The molecule has 2 bridgehead atoms. The van der Waals surface area contributed by atoms with E-state index in [4.69, 9.17) is 4.74 Å². The number of amides is 2. The van der Waals surface area contributed by atoms with Crippen LogP contribution in [-0.4, -0.2) is 35.0 Å². The summed E-state index contributed by atoms with van der Waals surface area (Å²) in [7, 11) is 0. The molecule has 3 aliphatic heterocycles.